The minimum Gasteiger partial charge on any atom is -0.372 e. The number of aromatic nitrogens is 1. The van der Waals surface area contributed by atoms with E-state index in [2.05, 4.69) is 21.9 Å². The standard InChI is InChI=1S/C13H20ClN3O2S2/c1-3-20-12-6-4-5-11(12)17-21(18,19)9-7-10(14)13(15-2)16-8-9/h7-8,11-12,17H,3-6H2,1-2H3,(H,15,16). The smallest absolute Gasteiger partial charge is 0.242 e. The molecule has 1 aromatic rings. The minimum absolute atomic E-state index is 0.0114. The molecule has 0 aliphatic heterocycles. The molecule has 0 spiro atoms. The van der Waals surface area contributed by atoms with Gasteiger partial charge in [0.15, 0.2) is 0 Å². The quantitative estimate of drug-likeness (QED) is 0.826. The Bertz CT molecular complexity index is 595. The van der Waals surface area contributed by atoms with Crippen molar-refractivity contribution in [1.82, 2.24) is 9.71 Å². The Morgan fingerprint density at radius 3 is 2.86 bits per heavy atom. The van der Waals surface area contributed by atoms with Gasteiger partial charge in [-0.2, -0.15) is 11.8 Å². The van der Waals surface area contributed by atoms with Gasteiger partial charge in [0.05, 0.1) is 5.02 Å². The molecule has 1 aliphatic rings. The van der Waals surface area contributed by atoms with Crippen molar-refractivity contribution in [3.63, 3.8) is 0 Å². The van der Waals surface area contributed by atoms with Gasteiger partial charge in [-0.15, -0.1) is 0 Å². The van der Waals surface area contributed by atoms with Gasteiger partial charge >= 0.3 is 0 Å². The Labute approximate surface area is 135 Å². The van der Waals surface area contributed by atoms with E-state index in [4.69, 9.17) is 11.6 Å². The second-order valence-corrected chi connectivity index (χ2v) is 8.54. The van der Waals surface area contributed by atoms with Crippen molar-refractivity contribution in [3.8, 4) is 0 Å². The molecular weight excluding hydrogens is 330 g/mol. The number of thioether (sulfide) groups is 1. The second-order valence-electron chi connectivity index (χ2n) is 4.90. The largest absolute Gasteiger partial charge is 0.372 e. The van der Waals surface area contributed by atoms with E-state index in [1.165, 1.54) is 12.3 Å². The molecule has 21 heavy (non-hydrogen) atoms. The molecule has 2 unspecified atom stereocenters. The van der Waals surface area contributed by atoms with E-state index in [9.17, 15) is 8.42 Å². The molecule has 0 saturated heterocycles. The van der Waals surface area contributed by atoms with Crippen LogP contribution in [0.2, 0.25) is 5.02 Å². The van der Waals surface area contributed by atoms with Crippen LogP contribution in [-0.4, -0.2) is 37.5 Å². The van der Waals surface area contributed by atoms with E-state index in [1.54, 1.807) is 7.05 Å². The van der Waals surface area contributed by atoms with Gasteiger partial charge in [0.25, 0.3) is 0 Å². The third-order valence-corrected chi connectivity index (χ3v) is 6.57. The Morgan fingerprint density at radius 1 is 1.48 bits per heavy atom. The molecule has 1 aliphatic carbocycles. The molecule has 0 amide bonds. The molecule has 0 aromatic carbocycles. The summed E-state index contributed by atoms with van der Waals surface area (Å²) >= 11 is 7.82. The Balaban J connectivity index is 2.16. The second kappa shape index (κ2) is 7.17. The van der Waals surface area contributed by atoms with Crippen LogP contribution in [0.25, 0.3) is 0 Å². The van der Waals surface area contributed by atoms with E-state index in [-0.39, 0.29) is 10.9 Å². The van der Waals surface area contributed by atoms with Crippen molar-refractivity contribution >= 4 is 39.2 Å². The number of halogens is 1. The van der Waals surface area contributed by atoms with E-state index in [0.717, 1.165) is 25.0 Å². The van der Waals surface area contributed by atoms with Crippen molar-refractivity contribution in [1.29, 1.82) is 0 Å². The van der Waals surface area contributed by atoms with Crippen molar-refractivity contribution in [3.05, 3.63) is 17.3 Å². The van der Waals surface area contributed by atoms with Gasteiger partial charge in [-0.05, 0) is 24.7 Å². The number of pyridine rings is 1. The van der Waals surface area contributed by atoms with Crippen LogP contribution in [-0.2, 0) is 10.0 Å². The molecule has 5 nitrogen and oxygen atoms in total. The highest BCUT2D eigenvalue weighted by Gasteiger charge is 2.31. The Hall–Kier alpha value is -0.500. The van der Waals surface area contributed by atoms with Crippen molar-refractivity contribution < 1.29 is 8.42 Å². The number of sulfonamides is 1. The lowest BCUT2D eigenvalue weighted by molar-refractivity contribution is 0.555. The maximum atomic E-state index is 12.5. The molecule has 1 fully saturated rings. The first-order valence-electron chi connectivity index (χ1n) is 6.95. The van der Waals surface area contributed by atoms with E-state index in [1.807, 2.05) is 11.8 Å². The van der Waals surface area contributed by atoms with Gasteiger partial charge in [0, 0.05) is 24.5 Å². The van der Waals surface area contributed by atoms with Crippen LogP contribution in [0.5, 0.6) is 0 Å². The molecular formula is C13H20ClN3O2S2. The van der Waals surface area contributed by atoms with Crippen LogP contribution in [0.3, 0.4) is 0 Å². The highest BCUT2D eigenvalue weighted by Crippen LogP contribution is 2.31. The molecule has 0 radical (unpaired) electrons. The number of nitrogens with zero attached hydrogens (tertiary/aromatic N) is 1. The minimum atomic E-state index is -3.58. The van der Waals surface area contributed by atoms with Gasteiger partial charge in [-0.25, -0.2) is 18.1 Å². The summed E-state index contributed by atoms with van der Waals surface area (Å²) in [4.78, 5) is 4.14. The third-order valence-electron chi connectivity index (χ3n) is 3.50. The molecule has 8 heteroatoms. The summed E-state index contributed by atoms with van der Waals surface area (Å²) in [7, 11) is -1.89. The number of rotatable bonds is 6. The van der Waals surface area contributed by atoms with Crippen molar-refractivity contribution in [2.45, 2.75) is 42.4 Å². The zero-order valence-electron chi connectivity index (χ0n) is 12.1. The lowest BCUT2D eigenvalue weighted by Gasteiger charge is -2.20. The zero-order chi connectivity index (χ0) is 15.5. The summed E-state index contributed by atoms with van der Waals surface area (Å²) in [6.07, 6.45) is 4.33. The monoisotopic (exact) mass is 349 g/mol. The number of nitrogens with one attached hydrogen (secondary N) is 2. The molecule has 2 rings (SSSR count). The first-order valence-corrected chi connectivity index (χ1v) is 9.86. The fraction of sp³-hybridized carbons (Fsp3) is 0.615. The first-order chi connectivity index (χ1) is 9.97. The van der Waals surface area contributed by atoms with E-state index < -0.39 is 10.0 Å². The van der Waals surface area contributed by atoms with Crippen LogP contribution in [0, 0.1) is 0 Å². The first kappa shape index (κ1) is 16.9. The molecule has 2 atom stereocenters. The molecule has 0 bridgehead atoms. The maximum absolute atomic E-state index is 12.5. The lowest BCUT2D eigenvalue weighted by Crippen LogP contribution is -2.38. The van der Waals surface area contributed by atoms with Gasteiger partial charge < -0.3 is 5.32 Å². The molecule has 1 heterocycles. The third kappa shape index (κ3) is 4.03. The van der Waals surface area contributed by atoms with Gasteiger partial charge in [0.1, 0.15) is 10.7 Å². The topological polar surface area (TPSA) is 71.1 Å². The molecule has 1 saturated carbocycles. The van der Waals surface area contributed by atoms with Crippen molar-refractivity contribution in [2.75, 3.05) is 18.1 Å². The summed E-state index contributed by atoms with van der Waals surface area (Å²) in [6.45, 7) is 2.09. The normalized spacial score (nSPS) is 22.4. The fourth-order valence-electron chi connectivity index (χ4n) is 2.49. The van der Waals surface area contributed by atoms with E-state index in [0.29, 0.717) is 16.1 Å². The average Bonchev–Trinajstić information content (AvgIpc) is 2.86. The summed E-state index contributed by atoms with van der Waals surface area (Å²) in [5, 5.41) is 3.46. The Morgan fingerprint density at radius 2 is 2.24 bits per heavy atom. The van der Waals surface area contributed by atoms with Gasteiger partial charge in [-0.1, -0.05) is 24.9 Å². The van der Waals surface area contributed by atoms with E-state index >= 15 is 0 Å². The summed E-state index contributed by atoms with van der Waals surface area (Å²) < 4.78 is 27.7. The maximum Gasteiger partial charge on any atom is 0.242 e. The van der Waals surface area contributed by atoms with Crippen LogP contribution >= 0.6 is 23.4 Å². The average molecular weight is 350 g/mol. The number of hydrogen-bond acceptors (Lipinski definition) is 5. The van der Waals surface area contributed by atoms with Gasteiger partial charge in [0.2, 0.25) is 10.0 Å². The predicted molar refractivity (Wildman–Crippen MR) is 88.7 cm³/mol. The molecule has 118 valence electrons. The highest BCUT2D eigenvalue weighted by atomic mass is 35.5. The highest BCUT2D eigenvalue weighted by molar-refractivity contribution is 8.00. The fourth-order valence-corrected chi connectivity index (χ4v) is 5.38. The SMILES string of the molecule is CCSC1CCCC1NS(=O)(=O)c1cnc(NC)c(Cl)c1. The van der Waals surface area contributed by atoms with Crippen molar-refractivity contribution in [2.24, 2.45) is 0 Å². The number of hydrogen-bond donors (Lipinski definition) is 2. The zero-order valence-corrected chi connectivity index (χ0v) is 14.5. The lowest BCUT2D eigenvalue weighted by atomic mass is 10.3. The van der Waals surface area contributed by atoms with Crippen LogP contribution in [0.15, 0.2) is 17.2 Å². The molecule has 1 aromatic heterocycles. The molecule has 2 N–H and O–H groups in total. The van der Waals surface area contributed by atoms with Crippen LogP contribution in [0.1, 0.15) is 26.2 Å². The number of anilines is 1. The van der Waals surface area contributed by atoms with Crippen LogP contribution < -0.4 is 10.0 Å². The summed E-state index contributed by atoms with van der Waals surface area (Å²) in [5.41, 5.74) is 0. The summed E-state index contributed by atoms with van der Waals surface area (Å²) in [6, 6.07) is 1.42. The summed E-state index contributed by atoms with van der Waals surface area (Å²) in [5.74, 6) is 1.46. The Kier molecular flexibility index (Phi) is 5.76. The van der Waals surface area contributed by atoms with Crippen LogP contribution in [0.4, 0.5) is 5.82 Å². The van der Waals surface area contributed by atoms with Gasteiger partial charge in [-0.3, -0.25) is 0 Å². The predicted octanol–water partition coefficient (Wildman–Crippen LogP) is 2.73.